The fraction of sp³-hybridized carbons (Fsp3) is 0.909. The Morgan fingerprint density at radius 2 is 1.79 bits per heavy atom. The second-order valence-corrected chi connectivity index (χ2v) is 3.56. The molecule has 0 atom stereocenters. The molecule has 1 N–H and O–H groups in total. The molecule has 14 heavy (non-hydrogen) atoms. The van der Waals surface area contributed by atoms with Crippen LogP contribution in [-0.2, 0) is 4.79 Å². The standard InChI is InChI=1S/C11H23NO2/c1-3-5-8-12(9-6-10-13)11(14)7-4-2/h13H,3-10H2,1-2H3. The number of unbranched alkanes of at least 4 members (excludes halogenated alkanes) is 1. The molecule has 0 heterocycles. The first-order valence-electron chi connectivity index (χ1n) is 5.64. The largest absolute Gasteiger partial charge is 0.396 e. The summed E-state index contributed by atoms with van der Waals surface area (Å²) in [5.74, 6) is 0.231. The summed E-state index contributed by atoms with van der Waals surface area (Å²) in [4.78, 5) is 13.5. The van der Waals surface area contributed by atoms with Gasteiger partial charge < -0.3 is 10.0 Å². The summed E-state index contributed by atoms with van der Waals surface area (Å²) in [5.41, 5.74) is 0. The predicted molar refractivity (Wildman–Crippen MR) is 58.1 cm³/mol. The van der Waals surface area contributed by atoms with Gasteiger partial charge in [0.05, 0.1) is 0 Å². The lowest BCUT2D eigenvalue weighted by Crippen LogP contribution is -2.33. The summed E-state index contributed by atoms with van der Waals surface area (Å²) in [6.07, 6.45) is 4.39. The zero-order valence-electron chi connectivity index (χ0n) is 9.46. The van der Waals surface area contributed by atoms with Gasteiger partial charge in [-0.1, -0.05) is 20.3 Å². The van der Waals surface area contributed by atoms with Crippen molar-refractivity contribution in [2.45, 2.75) is 46.0 Å². The molecular formula is C11H23NO2. The minimum absolute atomic E-state index is 0.169. The number of carbonyl (C=O) groups is 1. The summed E-state index contributed by atoms with van der Waals surface area (Å²) in [5, 5.41) is 8.71. The zero-order chi connectivity index (χ0) is 10.8. The van der Waals surface area contributed by atoms with E-state index in [1.165, 1.54) is 0 Å². The molecule has 0 spiro atoms. The maximum atomic E-state index is 11.6. The van der Waals surface area contributed by atoms with E-state index in [0.717, 1.165) is 25.8 Å². The number of amides is 1. The van der Waals surface area contributed by atoms with Crippen molar-refractivity contribution in [3.05, 3.63) is 0 Å². The average Bonchev–Trinajstić information content (AvgIpc) is 2.18. The van der Waals surface area contributed by atoms with Crippen LogP contribution in [0.15, 0.2) is 0 Å². The summed E-state index contributed by atoms with van der Waals surface area (Å²) in [7, 11) is 0. The van der Waals surface area contributed by atoms with Crippen molar-refractivity contribution < 1.29 is 9.90 Å². The fourth-order valence-electron chi connectivity index (χ4n) is 1.34. The van der Waals surface area contributed by atoms with Gasteiger partial charge in [-0.05, 0) is 19.3 Å². The maximum absolute atomic E-state index is 11.6. The Morgan fingerprint density at radius 3 is 2.29 bits per heavy atom. The Morgan fingerprint density at radius 1 is 1.14 bits per heavy atom. The molecule has 0 aliphatic carbocycles. The number of aliphatic hydroxyl groups excluding tert-OH is 1. The summed E-state index contributed by atoms with van der Waals surface area (Å²) in [6.45, 7) is 5.85. The number of aliphatic hydroxyl groups is 1. The Bertz CT molecular complexity index is 140. The van der Waals surface area contributed by atoms with Crippen LogP contribution in [0.5, 0.6) is 0 Å². The Balaban J connectivity index is 3.88. The Kier molecular flexibility index (Phi) is 8.64. The SMILES string of the molecule is CCCCN(CCCO)C(=O)CCC. The molecule has 0 fully saturated rings. The zero-order valence-corrected chi connectivity index (χ0v) is 9.46. The van der Waals surface area contributed by atoms with E-state index in [-0.39, 0.29) is 12.5 Å². The molecular weight excluding hydrogens is 178 g/mol. The van der Waals surface area contributed by atoms with Crippen molar-refractivity contribution >= 4 is 5.91 Å². The normalized spacial score (nSPS) is 10.2. The van der Waals surface area contributed by atoms with E-state index in [2.05, 4.69) is 6.92 Å². The highest BCUT2D eigenvalue weighted by Crippen LogP contribution is 2.02. The monoisotopic (exact) mass is 201 g/mol. The van der Waals surface area contributed by atoms with Gasteiger partial charge in [0.15, 0.2) is 0 Å². The molecule has 3 nitrogen and oxygen atoms in total. The maximum Gasteiger partial charge on any atom is 0.222 e. The number of hydrogen-bond acceptors (Lipinski definition) is 2. The van der Waals surface area contributed by atoms with E-state index in [1.54, 1.807) is 0 Å². The van der Waals surface area contributed by atoms with E-state index in [4.69, 9.17) is 5.11 Å². The number of rotatable bonds is 8. The fourth-order valence-corrected chi connectivity index (χ4v) is 1.34. The van der Waals surface area contributed by atoms with Gasteiger partial charge in [-0.15, -0.1) is 0 Å². The molecule has 0 aliphatic rings. The van der Waals surface area contributed by atoms with E-state index in [0.29, 0.717) is 19.4 Å². The minimum atomic E-state index is 0.169. The van der Waals surface area contributed by atoms with Crippen molar-refractivity contribution in [1.29, 1.82) is 0 Å². The lowest BCUT2D eigenvalue weighted by Gasteiger charge is -2.21. The predicted octanol–water partition coefficient (Wildman–Crippen LogP) is 1.80. The highest BCUT2D eigenvalue weighted by molar-refractivity contribution is 5.76. The van der Waals surface area contributed by atoms with E-state index in [1.807, 2.05) is 11.8 Å². The molecule has 84 valence electrons. The summed E-state index contributed by atoms with van der Waals surface area (Å²) >= 11 is 0. The first kappa shape index (κ1) is 13.4. The van der Waals surface area contributed by atoms with E-state index >= 15 is 0 Å². The van der Waals surface area contributed by atoms with Crippen LogP contribution in [0.2, 0.25) is 0 Å². The smallest absolute Gasteiger partial charge is 0.222 e. The van der Waals surface area contributed by atoms with Crippen LogP contribution in [0.3, 0.4) is 0 Å². The van der Waals surface area contributed by atoms with Crippen LogP contribution in [0.1, 0.15) is 46.0 Å². The van der Waals surface area contributed by atoms with Crippen molar-refractivity contribution in [3.8, 4) is 0 Å². The first-order valence-corrected chi connectivity index (χ1v) is 5.64. The molecule has 0 aliphatic heterocycles. The van der Waals surface area contributed by atoms with Crippen molar-refractivity contribution in [3.63, 3.8) is 0 Å². The molecule has 0 rings (SSSR count). The van der Waals surface area contributed by atoms with Gasteiger partial charge >= 0.3 is 0 Å². The third kappa shape index (κ3) is 5.97. The van der Waals surface area contributed by atoms with Gasteiger partial charge in [-0.2, -0.15) is 0 Å². The third-order valence-electron chi connectivity index (χ3n) is 2.18. The van der Waals surface area contributed by atoms with Crippen molar-refractivity contribution in [2.75, 3.05) is 19.7 Å². The lowest BCUT2D eigenvalue weighted by atomic mass is 10.2. The van der Waals surface area contributed by atoms with Crippen LogP contribution >= 0.6 is 0 Å². The minimum Gasteiger partial charge on any atom is -0.396 e. The topological polar surface area (TPSA) is 40.5 Å². The molecule has 0 radical (unpaired) electrons. The van der Waals surface area contributed by atoms with Gasteiger partial charge in [-0.25, -0.2) is 0 Å². The van der Waals surface area contributed by atoms with Gasteiger partial charge in [0.25, 0.3) is 0 Å². The number of nitrogens with zero attached hydrogens (tertiary/aromatic N) is 1. The molecule has 0 saturated heterocycles. The molecule has 0 aromatic carbocycles. The first-order chi connectivity index (χ1) is 6.76. The quantitative estimate of drug-likeness (QED) is 0.650. The third-order valence-corrected chi connectivity index (χ3v) is 2.18. The Hall–Kier alpha value is -0.570. The molecule has 0 aromatic heterocycles. The second kappa shape index (κ2) is 9.00. The molecule has 0 aromatic rings. The lowest BCUT2D eigenvalue weighted by molar-refractivity contribution is -0.131. The van der Waals surface area contributed by atoms with Crippen molar-refractivity contribution in [1.82, 2.24) is 4.90 Å². The highest BCUT2D eigenvalue weighted by atomic mass is 16.3. The summed E-state index contributed by atoms with van der Waals surface area (Å²) in [6, 6.07) is 0. The number of hydrogen-bond donors (Lipinski definition) is 1. The number of carbonyl (C=O) groups excluding carboxylic acids is 1. The summed E-state index contributed by atoms with van der Waals surface area (Å²) < 4.78 is 0. The van der Waals surface area contributed by atoms with Gasteiger partial charge in [-0.3, -0.25) is 4.79 Å². The molecule has 0 bridgehead atoms. The second-order valence-electron chi connectivity index (χ2n) is 3.56. The van der Waals surface area contributed by atoms with Gasteiger partial charge in [0.1, 0.15) is 0 Å². The van der Waals surface area contributed by atoms with Gasteiger partial charge in [0, 0.05) is 26.1 Å². The van der Waals surface area contributed by atoms with Crippen LogP contribution in [0.25, 0.3) is 0 Å². The molecule has 0 saturated carbocycles. The highest BCUT2D eigenvalue weighted by Gasteiger charge is 2.10. The van der Waals surface area contributed by atoms with E-state index in [9.17, 15) is 4.79 Å². The van der Waals surface area contributed by atoms with Gasteiger partial charge in [0.2, 0.25) is 5.91 Å². The average molecular weight is 201 g/mol. The van der Waals surface area contributed by atoms with Crippen LogP contribution in [-0.4, -0.2) is 35.6 Å². The van der Waals surface area contributed by atoms with E-state index < -0.39 is 0 Å². The molecule has 0 unspecified atom stereocenters. The van der Waals surface area contributed by atoms with Crippen molar-refractivity contribution in [2.24, 2.45) is 0 Å². The van der Waals surface area contributed by atoms with Crippen LogP contribution in [0, 0.1) is 0 Å². The molecule has 3 heteroatoms. The molecule has 1 amide bonds. The van der Waals surface area contributed by atoms with Crippen LogP contribution in [0.4, 0.5) is 0 Å². The van der Waals surface area contributed by atoms with Crippen LogP contribution < -0.4 is 0 Å². The Labute approximate surface area is 87.1 Å².